The monoisotopic (exact) mass is 385 g/mol. The number of hydrogen-bond donors (Lipinski definition) is 1. The summed E-state index contributed by atoms with van der Waals surface area (Å²) in [5.74, 6) is -0.0508. The van der Waals surface area contributed by atoms with Gasteiger partial charge in [0.25, 0.3) is 0 Å². The maximum Gasteiger partial charge on any atom is 0.243 e. The highest BCUT2D eigenvalue weighted by atomic mass is 79.9. The third-order valence-electron chi connectivity index (χ3n) is 3.51. The van der Waals surface area contributed by atoms with Gasteiger partial charge in [-0.15, -0.1) is 0 Å². The molecule has 0 unspecified atom stereocenters. The molecule has 0 bridgehead atoms. The molecular weight excluding hydrogens is 362 g/mol. The first kappa shape index (κ1) is 18.5. The van der Waals surface area contributed by atoms with E-state index in [4.69, 9.17) is 0 Å². The Bertz CT molecular complexity index is 769. The van der Waals surface area contributed by atoms with Crippen LogP contribution in [0.3, 0.4) is 0 Å². The lowest BCUT2D eigenvalue weighted by Gasteiger charge is -2.17. The zero-order valence-electron chi connectivity index (χ0n) is 14.5. The summed E-state index contributed by atoms with van der Waals surface area (Å²) in [5.41, 5.74) is 1.35. The number of rotatable bonds is 5. The highest BCUT2D eigenvalue weighted by molar-refractivity contribution is 9.10. The van der Waals surface area contributed by atoms with E-state index < -0.39 is 0 Å². The zero-order chi connectivity index (χ0) is 17.6. The summed E-state index contributed by atoms with van der Waals surface area (Å²) >= 11 is 3.51. The van der Waals surface area contributed by atoms with Crippen LogP contribution in [0.2, 0.25) is 0 Å². The minimum absolute atomic E-state index is 0.0508. The lowest BCUT2D eigenvalue weighted by molar-refractivity contribution is -0.116. The van der Waals surface area contributed by atoms with Crippen molar-refractivity contribution in [3.05, 3.63) is 70.7 Å². The number of carbonyl (C=O) groups excluding carboxylic acids is 1. The lowest BCUT2D eigenvalue weighted by Crippen LogP contribution is -2.30. The molecule has 0 spiro atoms. The van der Waals surface area contributed by atoms with Crippen molar-refractivity contribution in [3.63, 3.8) is 0 Å². The molecule has 0 atom stereocenters. The van der Waals surface area contributed by atoms with Crippen molar-refractivity contribution in [3.8, 4) is 0 Å². The van der Waals surface area contributed by atoms with E-state index in [1.807, 2.05) is 6.08 Å². The van der Waals surface area contributed by atoms with Crippen LogP contribution in [0, 0.1) is 5.41 Å². The SMILES string of the molecule is CC(C)(C)CNC(=O)/C=C/C=C/Cc1ccc2ccc(Br)cc2c1. The molecule has 0 saturated heterocycles. The summed E-state index contributed by atoms with van der Waals surface area (Å²) < 4.78 is 1.09. The van der Waals surface area contributed by atoms with E-state index in [0.717, 1.165) is 10.9 Å². The molecule has 1 amide bonds. The molecule has 24 heavy (non-hydrogen) atoms. The lowest BCUT2D eigenvalue weighted by atomic mass is 9.97. The van der Waals surface area contributed by atoms with Gasteiger partial charge in [-0.1, -0.05) is 79.2 Å². The minimum Gasteiger partial charge on any atom is -0.352 e. The van der Waals surface area contributed by atoms with Gasteiger partial charge in [0.1, 0.15) is 0 Å². The van der Waals surface area contributed by atoms with Gasteiger partial charge in [-0.25, -0.2) is 0 Å². The van der Waals surface area contributed by atoms with Crippen LogP contribution < -0.4 is 5.32 Å². The van der Waals surface area contributed by atoms with Crippen molar-refractivity contribution in [2.45, 2.75) is 27.2 Å². The van der Waals surface area contributed by atoms with Gasteiger partial charge in [0.2, 0.25) is 5.91 Å². The topological polar surface area (TPSA) is 29.1 Å². The van der Waals surface area contributed by atoms with Crippen molar-refractivity contribution in [2.24, 2.45) is 5.41 Å². The first-order valence-corrected chi connectivity index (χ1v) is 8.92. The van der Waals surface area contributed by atoms with E-state index in [0.29, 0.717) is 6.54 Å². The Balaban J connectivity index is 1.87. The fraction of sp³-hybridized carbons (Fsp3) is 0.286. The van der Waals surface area contributed by atoms with Crippen molar-refractivity contribution >= 4 is 32.6 Å². The van der Waals surface area contributed by atoms with Gasteiger partial charge in [-0.2, -0.15) is 0 Å². The smallest absolute Gasteiger partial charge is 0.243 e. The second-order valence-electron chi connectivity index (χ2n) is 7.10. The predicted molar refractivity (Wildman–Crippen MR) is 106 cm³/mol. The molecule has 0 aromatic heterocycles. The summed E-state index contributed by atoms with van der Waals surface area (Å²) in [6, 6.07) is 12.8. The van der Waals surface area contributed by atoms with Crippen LogP contribution in [-0.2, 0) is 11.2 Å². The van der Waals surface area contributed by atoms with Crippen LogP contribution in [-0.4, -0.2) is 12.5 Å². The molecule has 3 heteroatoms. The molecule has 1 N–H and O–H groups in total. The Labute approximate surface area is 152 Å². The van der Waals surface area contributed by atoms with Crippen LogP contribution in [0.15, 0.2) is 65.2 Å². The van der Waals surface area contributed by atoms with E-state index in [1.165, 1.54) is 16.3 Å². The number of amides is 1. The van der Waals surface area contributed by atoms with Crippen LogP contribution in [0.25, 0.3) is 10.8 Å². The second-order valence-corrected chi connectivity index (χ2v) is 8.01. The number of hydrogen-bond acceptors (Lipinski definition) is 1. The molecule has 0 saturated carbocycles. The zero-order valence-corrected chi connectivity index (χ0v) is 16.1. The first-order valence-electron chi connectivity index (χ1n) is 8.13. The normalized spacial score (nSPS) is 12.3. The molecule has 2 rings (SSSR count). The Kier molecular flexibility index (Phi) is 6.38. The average molecular weight is 386 g/mol. The predicted octanol–water partition coefficient (Wildman–Crippen LogP) is 5.42. The summed E-state index contributed by atoms with van der Waals surface area (Å²) in [7, 11) is 0. The molecule has 0 aliphatic carbocycles. The van der Waals surface area contributed by atoms with Crippen molar-refractivity contribution in [1.82, 2.24) is 5.32 Å². The van der Waals surface area contributed by atoms with Crippen LogP contribution >= 0.6 is 15.9 Å². The van der Waals surface area contributed by atoms with Crippen molar-refractivity contribution in [1.29, 1.82) is 0 Å². The average Bonchev–Trinajstić information content (AvgIpc) is 2.51. The van der Waals surface area contributed by atoms with Gasteiger partial charge < -0.3 is 5.32 Å². The highest BCUT2D eigenvalue weighted by Crippen LogP contribution is 2.21. The van der Waals surface area contributed by atoms with Crippen molar-refractivity contribution in [2.75, 3.05) is 6.54 Å². The Morgan fingerprint density at radius 2 is 1.83 bits per heavy atom. The number of nitrogens with one attached hydrogen (secondary N) is 1. The summed E-state index contributed by atoms with van der Waals surface area (Å²) in [4.78, 5) is 11.7. The summed E-state index contributed by atoms with van der Waals surface area (Å²) in [6.07, 6.45) is 8.18. The van der Waals surface area contributed by atoms with Gasteiger partial charge in [0.05, 0.1) is 0 Å². The molecule has 2 aromatic rings. The number of halogens is 1. The number of allylic oxidation sites excluding steroid dienone is 3. The van der Waals surface area contributed by atoms with Crippen LogP contribution in [0.5, 0.6) is 0 Å². The van der Waals surface area contributed by atoms with E-state index in [9.17, 15) is 4.79 Å². The van der Waals surface area contributed by atoms with Gasteiger partial charge >= 0.3 is 0 Å². The van der Waals surface area contributed by atoms with Crippen LogP contribution in [0.4, 0.5) is 0 Å². The Morgan fingerprint density at radius 3 is 2.58 bits per heavy atom. The number of fused-ring (bicyclic) bond motifs is 1. The molecule has 2 nitrogen and oxygen atoms in total. The highest BCUT2D eigenvalue weighted by Gasteiger charge is 2.10. The quantitative estimate of drug-likeness (QED) is 0.540. The van der Waals surface area contributed by atoms with E-state index >= 15 is 0 Å². The van der Waals surface area contributed by atoms with E-state index in [-0.39, 0.29) is 11.3 Å². The maximum atomic E-state index is 11.7. The number of benzene rings is 2. The fourth-order valence-electron chi connectivity index (χ4n) is 2.23. The largest absolute Gasteiger partial charge is 0.352 e. The Morgan fingerprint density at radius 1 is 1.08 bits per heavy atom. The summed E-state index contributed by atoms with van der Waals surface area (Å²) in [5, 5.41) is 5.36. The minimum atomic E-state index is -0.0508. The molecular formula is C21H24BrNO. The molecule has 0 aliphatic rings. The third-order valence-corrected chi connectivity index (χ3v) is 4.00. The maximum absolute atomic E-state index is 11.7. The van der Waals surface area contributed by atoms with Crippen LogP contribution in [0.1, 0.15) is 26.3 Å². The van der Waals surface area contributed by atoms with E-state index in [1.54, 1.807) is 12.2 Å². The third kappa shape index (κ3) is 6.32. The standard InChI is InChI=1S/C21H24BrNO/c1-21(2,3)15-23-20(24)8-6-4-5-7-16-9-10-17-11-12-19(22)14-18(17)13-16/h4-6,8-14H,7,15H2,1-3H3,(H,23,24)/b5-4+,8-6+. The Hall–Kier alpha value is -1.87. The first-order chi connectivity index (χ1) is 11.3. The second kappa shape index (κ2) is 8.29. The molecule has 0 fully saturated rings. The van der Waals surface area contributed by atoms with Gasteiger partial charge in [0.15, 0.2) is 0 Å². The summed E-state index contributed by atoms with van der Waals surface area (Å²) in [6.45, 7) is 6.96. The number of carbonyl (C=O) groups is 1. The van der Waals surface area contributed by atoms with Gasteiger partial charge in [0, 0.05) is 17.1 Å². The molecule has 126 valence electrons. The van der Waals surface area contributed by atoms with E-state index in [2.05, 4.69) is 84.5 Å². The van der Waals surface area contributed by atoms with Gasteiger partial charge in [-0.05, 0) is 40.3 Å². The van der Waals surface area contributed by atoms with Gasteiger partial charge in [-0.3, -0.25) is 4.79 Å². The molecule has 0 radical (unpaired) electrons. The van der Waals surface area contributed by atoms with Crippen molar-refractivity contribution < 1.29 is 4.79 Å². The molecule has 0 heterocycles. The molecule has 2 aromatic carbocycles. The fourth-order valence-corrected chi connectivity index (χ4v) is 2.61. The molecule has 0 aliphatic heterocycles.